The number of H-pyrrole nitrogens is 1. The Kier molecular flexibility index (Phi) is 2.00. The van der Waals surface area contributed by atoms with Gasteiger partial charge in [-0.25, -0.2) is 0 Å². The summed E-state index contributed by atoms with van der Waals surface area (Å²) >= 11 is 0. The van der Waals surface area contributed by atoms with Gasteiger partial charge in [-0.15, -0.1) is 0 Å². The van der Waals surface area contributed by atoms with E-state index in [1.54, 1.807) is 5.19 Å². The lowest BCUT2D eigenvalue weighted by Gasteiger charge is -1.97. The summed E-state index contributed by atoms with van der Waals surface area (Å²) in [6.45, 7) is 0. The second-order valence-electron chi connectivity index (χ2n) is 3.86. The van der Waals surface area contributed by atoms with Gasteiger partial charge in [0.05, 0.1) is 0 Å². The van der Waals surface area contributed by atoms with E-state index in [9.17, 15) is 0 Å². The van der Waals surface area contributed by atoms with E-state index in [0.29, 0.717) is 0 Å². The van der Waals surface area contributed by atoms with Gasteiger partial charge in [0.25, 0.3) is 0 Å². The Balaban J connectivity index is 2.53. The molecule has 0 aliphatic heterocycles. The minimum Gasteiger partial charge on any atom is -0.355 e. The molecule has 0 amide bonds. The van der Waals surface area contributed by atoms with Gasteiger partial charge in [-0.2, -0.15) is 0 Å². The Labute approximate surface area is 93.5 Å². The lowest BCUT2D eigenvalue weighted by Crippen LogP contribution is -2.14. The molecule has 1 N–H and O–H groups in total. The van der Waals surface area contributed by atoms with E-state index in [1.807, 2.05) is 0 Å². The van der Waals surface area contributed by atoms with E-state index in [1.165, 1.54) is 31.6 Å². The molecular formula is C12H13NSi2. The van der Waals surface area contributed by atoms with Crippen molar-refractivity contribution in [1.29, 1.82) is 0 Å². The van der Waals surface area contributed by atoms with E-state index < -0.39 is 0 Å². The van der Waals surface area contributed by atoms with Crippen LogP contribution in [0.4, 0.5) is 0 Å². The zero-order chi connectivity index (χ0) is 10.3. The first-order valence-electron chi connectivity index (χ1n) is 5.38. The third-order valence-corrected chi connectivity index (χ3v) is 6.65. The Morgan fingerprint density at radius 2 is 1.73 bits per heavy atom. The van der Waals surface area contributed by atoms with Crippen molar-refractivity contribution < 1.29 is 0 Å². The van der Waals surface area contributed by atoms with Crippen molar-refractivity contribution in [2.24, 2.45) is 0 Å². The molecule has 0 atom stereocenters. The van der Waals surface area contributed by atoms with Gasteiger partial charge < -0.3 is 4.98 Å². The molecule has 1 nitrogen and oxygen atoms in total. The first kappa shape index (κ1) is 8.94. The minimum absolute atomic E-state index is 0.0313. The van der Waals surface area contributed by atoms with Gasteiger partial charge >= 0.3 is 0 Å². The molecule has 1 heterocycles. The molecule has 0 radical (unpaired) electrons. The molecule has 0 bridgehead atoms. The van der Waals surface area contributed by atoms with Crippen molar-refractivity contribution in [3.05, 3.63) is 42.5 Å². The summed E-state index contributed by atoms with van der Waals surface area (Å²) in [5.74, 6) is 0. The molecule has 0 fully saturated rings. The molecule has 74 valence electrons. The maximum atomic E-state index is 3.55. The molecule has 15 heavy (non-hydrogen) atoms. The van der Waals surface area contributed by atoms with Crippen LogP contribution in [-0.4, -0.2) is 23.8 Å². The highest BCUT2D eigenvalue weighted by Gasteiger charge is 2.05. The summed E-state index contributed by atoms with van der Waals surface area (Å²) in [6.07, 6.45) is 0. The van der Waals surface area contributed by atoms with E-state index in [-0.39, 0.29) is 9.04 Å². The Bertz CT molecular complexity index is 628. The maximum Gasteiger partial charge on any atom is 0.0464 e. The first-order chi connectivity index (χ1) is 7.40. The monoisotopic (exact) mass is 227 g/mol. The number of benzene rings is 2. The van der Waals surface area contributed by atoms with Crippen LogP contribution in [0.15, 0.2) is 42.5 Å². The van der Waals surface area contributed by atoms with Crippen molar-refractivity contribution in [1.82, 2.24) is 4.98 Å². The number of aromatic amines is 1. The van der Waals surface area contributed by atoms with Crippen LogP contribution >= 0.6 is 0 Å². The quantitative estimate of drug-likeness (QED) is 0.579. The predicted octanol–water partition coefficient (Wildman–Crippen LogP) is 0.396. The third kappa shape index (κ3) is 1.27. The average molecular weight is 227 g/mol. The first-order valence-corrected chi connectivity index (χ1v) is 11.7. The molecule has 1 aromatic heterocycles. The Morgan fingerprint density at radius 3 is 2.60 bits per heavy atom. The van der Waals surface area contributed by atoms with Crippen LogP contribution in [0.5, 0.6) is 0 Å². The van der Waals surface area contributed by atoms with Gasteiger partial charge in [0.2, 0.25) is 0 Å². The minimum atomic E-state index is 0.0313. The molecule has 3 rings (SSSR count). The van der Waals surface area contributed by atoms with E-state index in [2.05, 4.69) is 47.4 Å². The van der Waals surface area contributed by atoms with Gasteiger partial charge in [-0.1, -0.05) is 36.4 Å². The summed E-state index contributed by atoms with van der Waals surface area (Å²) in [4.78, 5) is 3.55. The fourth-order valence-electron chi connectivity index (χ4n) is 2.23. The molecule has 0 aliphatic rings. The van der Waals surface area contributed by atoms with Crippen LogP contribution in [0.3, 0.4) is 0 Å². The molecule has 0 spiro atoms. The molecule has 3 aromatic rings. The van der Waals surface area contributed by atoms with Gasteiger partial charge in [0, 0.05) is 30.8 Å². The zero-order valence-corrected chi connectivity index (χ0v) is 12.2. The molecule has 2 aromatic carbocycles. The standard InChI is InChI=1S/C12H13NSi2/c14-15-11-7-3-5-9-8-4-1-2-6-10(8)13-12(9)11/h1-7,13H,15H2,14H3. The lowest BCUT2D eigenvalue weighted by atomic mass is 10.1. The summed E-state index contributed by atoms with van der Waals surface area (Å²) in [7, 11) is 1.39. The summed E-state index contributed by atoms with van der Waals surface area (Å²) in [5, 5.41) is 4.35. The highest BCUT2D eigenvalue weighted by molar-refractivity contribution is 6.98. The molecule has 3 heteroatoms. The number of hydrogen-bond donors (Lipinski definition) is 1. The van der Waals surface area contributed by atoms with Crippen LogP contribution in [0, 0.1) is 0 Å². The van der Waals surface area contributed by atoms with E-state index in [0.717, 1.165) is 0 Å². The van der Waals surface area contributed by atoms with Crippen molar-refractivity contribution in [2.75, 3.05) is 0 Å². The second-order valence-corrected chi connectivity index (χ2v) is 7.45. The smallest absolute Gasteiger partial charge is 0.0464 e. The number of hydrogen-bond acceptors (Lipinski definition) is 0. The largest absolute Gasteiger partial charge is 0.355 e. The SMILES string of the molecule is [SiH3][SiH2]c1cccc2c1[nH]c1ccccc12. The summed E-state index contributed by atoms with van der Waals surface area (Å²) < 4.78 is 0. The Hall–Kier alpha value is -1.33. The van der Waals surface area contributed by atoms with Crippen molar-refractivity contribution in [3.8, 4) is 0 Å². The van der Waals surface area contributed by atoms with E-state index >= 15 is 0 Å². The van der Waals surface area contributed by atoms with Gasteiger partial charge in [-0.05, 0) is 21.0 Å². The van der Waals surface area contributed by atoms with E-state index in [4.69, 9.17) is 0 Å². The summed E-state index contributed by atoms with van der Waals surface area (Å²) in [6, 6.07) is 15.3. The van der Waals surface area contributed by atoms with Crippen molar-refractivity contribution in [3.63, 3.8) is 0 Å². The fourth-order valence-corrected chi connectivity index (χ4v) is 5.00. The zero-order valence-electron chi connectivity index (χ0n) is 8.75. The molecular weight excluding hydrogens is 214 g/mol. The predicted molar refractivity (Wildman–Crippen MR) is 73.9 cm³/mol. The number of nitrogens with one attached hydrogen (secondary N) is 1. The fraction of sp³-hybridized carbons (Fsp3) is 0. The topological polar surface area (TPSA) is 15.8 Å². The maximum absolute atomic E-state index is 3.55. The normalized spacial score (nSPS) is 12.3. The number of para-hydroxylation sites is 2. The van der Waals surface area contributed by atoms with Crippen LogP contribution in [-0.2, 0) is 0 Å². The number of fused-ring (bicyclic) bond motifs is 3. The van der Waals surface area contributed by atoms with Gasteiger partial charge in [-0.3, -0.25) is 0 Å². The Morgan fingerprint density at radius 1 is 0.933 bits per heavy atom. The van der Waals surface area contributed by atoms with Crippen molar-refractivity contribution in [2.45, 2.75) is 0 Å². The van der Waals surface area contributed by atoms with Crippen molar-refractivity contribution >= 4 is 45.8 Å². The van der Waals surface area contributed by atoms with Gasteiger partial charge in [0.15, 0.2) is 0 Å². The second kappa shape index (κ2) is 3.36. The van der Waals surface area contributed by atoms with Crippen LogP contribution < -0.4 is 5.19 Å². The summed E-state index contributed by atoms with van der Waals surface area (Å²) in [5.41, 5.74) is 2.66. The van der Waals surface area contributed by atoms with Gasteiger partial charge in [0.1, 0.15) is 0 Å². The van der Waals surface area contributed by atoms with Crippen LogP contribution in [0.1, 0.15) is 0 Å². The molecule has 0 unspecified atom stereocenters. The van der Waals surface area contributed by atoms with Crippen LogP contribution in [0.25, 0.3) is 21.8 Å². The van der Waals surface area contributed by atoms with Crippen LogP contribution in [0.2, 0.25) is 0 Å². The lowest BCUT2D eigenvalue weighted by molar-refractivity contribution is 1.56. The molecule has 0 aliphatic carbocycles. The molecule has 0 saturated carbocycles. The number of aromatic nitrogens is 1. The highest BCUT2D eigenvalue weighted by Crippen LogP contribution is 2.23. The average Bonchev–Trinajstić information content (AvgIpc) is 2.67. The molecule has 0 saturated heterocycles. The third-order valence-electron chi connectivity index (χ3n) is 3.01. The number of rotatable bonds is 1. The highest BCUT2D eigenvalue weighted by atomic mass is 29.1.